The number of nitrogens with zero attached hydrogens (tertiary/aromatic N) is 1. The molecule has 0 aliphatic heterocycles. The lowest BCUT2D eigenvalue weighted by Crippen LogP contribution is -2.25. The number of nitrogens with one attached hydrogen (secondary N) is 3. The quantitative estimate of drug-likeness (QED) is 0.135. The number of pyridine rings is 1. The van der Waals surface area contributed by atoms with Crippen molar-refractivity contribution in [3.05, 3.63) is 113 Å². The van der Waals surface area contributed by atoms with Crippen molar-refractivity contribution < 1.29 is 26.7 Å². The average molecular weight is 552 g/mol. The molecule has 2 heterocycles. The van der Waals surface area contributed by atoms with Crippen LogP contribution in [-0.4, -0.2) is 15.9 Å². The number of aromatic nitrogens is 2. The van der Waals surface area contributed by atoms with Crippen molar-refractivity contribution in [3.8, 4) is 11.1 Å². The number of nitrogen functional groups attached to an aromatic ring is 1. The topological polar surface area (TPSA) is 95.8 Å². The molecule has 0 spiro atoms. The number of carbonyl (C=O) groups is 1. The summed E-state index contributed by atoms with van der Waals surface area (Å²) in [6.07, 6.45) is -2.22. The predicted octanol–water partition coefficient (Wildman–Crippen LogP) is 6.65. The smallest absolute Gasteiger partial charge is 0.398 e. The molecule has 0 saturated heterocycles. The van der Waals surface area contributed by atoms with Crippen molar-refractivity contribution in [2.75, 3.05) is 11.1 Å². The van der Waals surface area contributed by atoms with Gasteiger partial charge in [0, 0.05) is 47.6 Å². The Bertz CT molecular complexity index is 1700. The number of halogens is 5. The maximum absolute atomic E-state index is 13.5. The van der Waals surface area contributed by atoms with Crippen LogP contribution in [0.25, 0.3) is 22.0 Å². The van der Waals surface area contributed by atoms with Crippen molar-refractivity contribution >= 4 is 28.3 Å². The molecule has 0 unspecified atom stereocenters. The van der Waals surface area contributed by atoms with E-state index in [1.165, 1.54) is 6.07 Å². The molecule has 3 aromatic carbocycles. The number of rotatable bonds is 7. The van der Waals surface area contributed by atoms with Gasteiger partial charge in [-0.1, -0.05) is 36.4 Å². The molecule has 5 N–H and O–H groups in total. The summed E-state index contributed by atoms with van der Waals surface area (Å²) < 4.78 is 66.7. The third-order valence-corrected chi connectivity index (χ3v) is 6.36. The Balaban J connectivity index is 1.34. The summed E-state index contributed by atoms with van der Waals surface area (Å²) in [5, 5.41) is 6.26. The zero-order chi connectivity index (χ0) is 28.4. The number of anilines is 2. The van der Waals surface area contributed by atoms with E-state index in [1.807, 2.05) is 48.7 Å². The number of hydrogen-bond donors (Lipinski definition) is 4. The maximum atomic E-state index is 13.5. The highest BCUT2D eigenvalue weighted by molar-refractivity contribution is 6.03. The minimum absolute atomic E-state index is 0.0655. The molecule has 1 amide bonds. The van der Waals surface area contributed by atoms with Crippen LogP contribution in [0.5, 0.6) is 0 Å². The lowest BCUT2D eigenvalue weighted by Gasteiger charge is -2.15. The van der Waals surface area contributed by atoms with Gasteiger partial charge in [-0.15, -0.1) is 0 Å². The molecule has 2 aromatic heterocycles. The molecule has 0 fully saturated rings. The Kier molecular flexibility index (Phi) is 7.12. The van der Waals surface area contributed by atoms with Crippen LogP contribution in [0.15, 0.2) is 79.1 Å². The van der Waals surface area contributed by atoms with Gasteiger partial charge in [-0.25, -0.2) is 13.8 Å². The van der Waals surface area contributed by atoms with E-state index in [-0.39, 0.29) is 30.0 Å². The molecular formula is C29H22F5N5O. The Labute approximate surface area is 225 Å². The monoisotopic (exact) mass is 551 g/mol. The maximum Gasteiger partial charge on any atom is 0.417 e. The lowest BCUT2D eigenvalue weighted by atomic mass is 10.0. The fourth-order valence-corrected chi connectivity index (χ4v) is 4.29. The second kappa shape index (κ2) is 10.7. The first-order valence-corrected chi connectivity index (χ1v) is 12.1. The predicted molar refractivity (Wildman–Crippen MR) is 142 cm³/mol. The molecule has 6 nitrogen and oxygen atoms in total. The molecule has 5 rings (SSSR count). The summed E-state index contributed by atoms with van der Waals surface area (Å²) in [5.41, 5.74) is 9.12. The Morgan fingerprint density at radius 2 is 1.68 bits per heavy atom. The summed E-state index contributed by atoms with van der Waals surface area (Å²) in [4.78, 5) is 19.9. The number of fused-ring (bicyclic) bond motifs is 1. The fraction of sp³-hybridized carbons (Fsp3) is 0.103. The number of benzene rings is 3. The van der Waals surface area contributed by atoms with Crippen molar-refractivity contribution in [2.24, 2.45) is 0 Å². The Morgan fingerprint density at radius 3 is 2.40 bits per heavy atom. The van der Waals surface area contributed by atoms with Gasteiger partial charge in [0.1, 0.15) is 5.82 Å². The van der Waals surface area contributed by atoms with Crippen molar-refractivity contribution in [2.45, 2.75) is 19.3 Å². The first kappa shape index (κ1) is 26.7. The third kappa shape index (κ3) is 5.58. The zero-order valence-electron chi connectivity index (χ0n) is 20.7. The van der Waals surface area contributed by atoms with Gasteiger partial charge in [0.25, 0.3) is 5.91 Å². The highest BCUT2D eigenvalue weighted by Crippen LogP contribution is 2.33. The van der Waals surface area contributed by atoms with E-state index in [1.54, 1.807) is 0 Å². The molecule has 0 saturated carbocycles. The largest absolute Gasteiger partial charge is 0.417 e. The minimum Gasteiger partial charge on any atom is -0.398 e. The van der Waals surface area contributed by atoms with E-state index in [4.69, 9.17) is 5.73 Å². The van der Waals surface area contributed by atoms with Crippen molar-refractivity contribution in [1.82, 2.24) is 15.3 Å². The summed E-state index contributed by atoms with van der Waals surface area (Å²) >= 11 is 0. The lowest BCUT2D eigenvalue weighted by molar-refractivity contribution is -0.137. The molecular weight excluding hydrogens is 529 g/mol. The van der Waals surface area contributed by atoms with Gasteiger partial charge in [0.15, 0.2) is 11.6 Å². The standard InChI is InChI=1S/C29H22F5N5O/c30-22-9-6-17(10-23(22)31)13-39-28(40)20-11-19(29(32,33)34)14-38-27(20)37-12-16-4-7-18(8-5-16)21-15-36-25-3-1-2-24(35)26(21)25/h1-11,14-15,36H,12-13,35H2,(H,37,38)(H,39,40). The van der Waals surface area contributed by atoms with E-state index >= 15 is 0 Å². The van der Waals surface area contributed by atoms with Crippen LogP contribution in [0.2, 0.25) is 0 Å². The number of hydrogen-bond acceptors (Lipinski definition) is 4. The molecule has 0 radical (unpaired) electrons. The van der Waals surface area contributed by atoms with Crippen LogP contribution in [-0.2, 0) is 19.3 Å². The molecule has 0 bridgehead atoms. The van der Waals surface area contributed by atoms with Crippen LogP contribution >= 0.6 is 0 Å². The summed E-state index contributed by atoms with van der Waals surface area (Å²) in [6, 6.07) is 16.8. The van der Waals surface area contributed by atoms with Gasteiger partial charge < -0.3 is 21.4 Å². The highest BCUT2D eigenvalue weighted by atomic mass is 19.4. The number of nitrogens with two attached hydrogens (primary N) is 1. The number of carbonyl (C=O) groups excluding carboxylic acids is 1. The fourth-order valence-electron chi connectivity index (χ4n) is 4.29. The molecule has 11 heteroatoms. The summed E-state index contributed by atoms with van der Waals surface area (Å²) in [7, 11) is 0. The molecule has 0 aliphatic carbocycles. The second-order valence-electron chi connectivity index (χ2n) is 9.07. The van der Waals surface area contributed by atoms with Crippen LogP contribution in [0.1, 0.15) is 27.0 Å². The van der Waals surface area contributed by atoms with E-state index in [9.17, 15) is 26.7 Å². The minimum atomic E-state index is -4.72. The number of aromatic amines is 1. The third-order valence-electron chi connectivity index (χ3n) is 6.36. The Hall–Kier alpha value is -4.93. The SMILES string of the molecule is Nc1cccc2[nH]cc(-c3ccc(CNc4ncc(C(F)(F)F)cc4C(=O)NCc4ccc(F)c(F)c4)cc3)c12. The van der Waals surface area contributed by atoms with Crippen LogP contribution in [0, 0.1) is 11.6 Å². The van der Waals surface area contributed by atoms with Gasteiger partial charge in [0.05, 0.1) is 11.1 Å². The van der Waals surface area contributed by atoms with Gasteiger partial charge in [0.2, 0.25) is 0 Å². The van der Waals surface area contributed by atoms with Crippen molar-refractivity contribution in [3.63, 3.8) is 0 Å². The van der Waals surface area contributed by atoms with Crippen LogP contribution < -0.4 is 16.4 Å². The van der Waals surface area contributed by atoms with E-state index in [0.29, 0.717) is 18.0 Å². The number of alkyl halides is 3. The van der Waals surface area contributed by atoms with Crippen LogP contribution in [0.4, 0.5) is 33.5 Å². The average Bonchev–Trinajstić information content (AvgIpc) is 3.38. The zero-order valence-corrected chi connectivity index (χ0v) is 20.7. The molecule has 0 aliphatic rings. The molecule has 204 valence electrons. The van der Waals surface area contributed by atoms with Gasteiger partial charge >= 0.3 is 6.18 Å². The highest BCUT2D eigenvalue weighted by Gasteiger charge is 2.32. The molecule has 40 heavy (non-hydrogen) atoms. The first-order valence-electron chi connectivity index (χ1n) is 12.1. The van der Waals surface area contributed by atoms with Crippen molar-refractivity contribution in [1.29, 1.82) is 0 Å². The van der Waals surface area contributed by atoms with Gasteiger partial charge in [-0.2, -0.15) is 13.2 Å². The second-order valence-corrected chi connectivity index (χ2v) is 9.07. The molecule has 5 aromatic rings. The normalized spacial score (nSPS) is 11.5. The molecule has 0 atom stereocenters. The van der Waals surface area contributed by atoms with Gasteiger partial charge in [-0.05, 0) is 47.0 Å². The summed E-state index contributed by atoms with van der Waals surface area (Å²) in [6.45, 7) is -0.0658. The van der Waals surface area contributed by atoms with Crippen LogP contribution in [0.3, 0.4) is 0 Å². The summed E-state index contributed by atoms with van der Waals surface area (Å²) in [5.74, 6) is -3.08. The Morgan fingerprint density at radius 1 is 0.925 bits per heavy atom. The first-order chi connectivity index (χ1) is 19.1. The van der Waals surface area contributed by atoms with E-state index < -0.39 is 29.3 Å². The number of amides is 1. The van der Waals surface area contributed by atoms with Gasteiger partial charge in [-0.3, -0.25) is 4.79 Å². The van der Waals surface area contributed by atoms with E-state index in [0.717, 1.165) is 39.7 Å². The number of H-pyrrole nitrogens is 1. The van der Waals surface area contributed by atoms with E-state index in [2.05, 4.69) is 20.6 Å².